The van der Waals surface area contributed by atoms with Gasteiger partial charge >= 0.3 is 0 Å². The van der Waals surface area contributed by atoms with E-state index in [-0.39, 0.29) is 11.4 Å². The van der Waals surface area contributed by atoms with Crippen LogP contribution in [0.1, 0.15) is 52.9 Å². The van der Waals surface area contributed by atoms with E-state index in [1.54, 1.807) is 7.11 Å². The molecule has 5 heteroatoms. The minimum atomic E-state index is -0.154. The summed E-state index contributed by atoms with van der Waals surface area (Å²) in [6, 6.07) is 10.0. The summed E-state index contributed by atoms with van der Waals surface area (Å²) in [6.45, 7) is 0.643. The van der Waals surface area contributed by atoms with Crippen LogP contribution in [0.25, 0.3) is 0 Å². The summed E-state index contributed by atoms with van der Waals surface area (Å²) in [5.41, 5.74) is 8.16. The fraction of sp³-hybridized carbons (Fsp3) is 0.421. The highest BCUT2D eigenvalue weighted by molar-refractivity contribution is 7.18. The number of nitrogen functional groups attached to an aromatic ring is 1. The molecule has 1 fully saturated rings. The molecular weight excluding hydrogens is 320 g/mol. The Morgan fingerprint density at radius 3 is 2.58 bits per heavy atom. The number of nitrogens with zero attached hydrogens (tertiary/aromatic N) is 1. The summed E-state index contributed by atoms with van der Waals surface area (Å²) in [7, 11) is 1.67. The van der Waals surface area contributed by atoms with E-state index in [4.69, 9.17) is 10.5 Å². The van der Waals surface area contributed by atoms with Crippen LogP contribution in [0, 0.1) is 0 Å². The second-order valence-electron chi connectivity index (χ2n) is 6.72. The molecule has 0 unspecified atom stereocenters. The van der Waals surface area contributed by atoms with Crippen LogP contribution in [-0.4, -0.2) is 17.9 Å². The van der Waals surface area contributed by atoms with Gasteiger partial charge in [0.1, 0.15) is 5.75 Å². The van der Waals surface area contributed by atoms with Crippen LogP contribution in [0.4, 0.5) is 5.00 Å². The zero-order valence-electron chi connectivity index (χ0n) is 13.9. The number of hydrogen-bond acceptors (Lipinski definition) is 4. The molecule has 1 aromatic heterocycles. The molecule has 0 bridgehead atoms. The van der Waals surface area contributed by atoms with Gasteiger partial charge in [0.05, 0.1) is 22.5 Å². The number of anilines is 1. The third kappa shape index (κ3) is 2.30. The molecule has 126 valence electrons. The molecule has 1 aliphatic heterocycles. The largest absolute Gasteiger partial charge is 0.497 e. The molecule has 1 amide bonds. The van der Waals surface area contributed by atoms with E-state index >= 15 is 0 Å². The van der Waals surface area contributed by atoms with Crippen molar-refractivity contribution in [1.29, 1.82) is 0 Å². The molecule has 4 rings (SSSR count). The Bertz CT molecular complexity index is 760. The number of carbonyl (C=O) groups is 1. The van der Waals surface area contributed by atoms with Crippen molar-refractivity contribution in [3.05, 3.63) is 46.3 Å². The van der Waals surface area contributed by atoms with E-state index in [0.29, 0.717) is 6.54 Å². The van der Waals surface area contributed by atoms with Gasteiger partial charge in [-0.15, -0.1) is 11.3 Å². The van der Waals surface area contributed by atoms with Gasteiger partial charge in [0.2, 0.25) is 0 Å². The van der Waals surface area contributed by atoms with Crippen LogP contribution >= 0.6 is 11.3 Å². The van der Waals surface area contributed by atoms with Crippen LogP contribution < -0.4 is 10.5 Å². The normalized spacial score (nSPS) is 18.9. The fourth-order valence-corrected chi connectivity index (χ4v) is 5.16. The standard InChI is InChI=1S/C19H22N2O2S/c1-23-14-7-5-13(6-8-14)12-21-18(22)17-15(11-16(20)24-17)19(21)9-3-2-4-10-19/h5-8,11H,2-4,9-10,12,20H2,1H3. The lowest BCUT2D eigenvalue weighted by atomic mass is 9.77. The Kier molecular flexibility index (Phi) is 3.76. The van der Waals surface area contributed by atoms with E-state index in [1.165, 1.54) is 36.2 Å². The number of amides is 1. The number of fused-ring (bicyclic) bond motifs is 2. The van der Waals surface area contributed by atoms with E-state index in [0.717, 1.165) is 34.0 Å². The van der Waals surface area contributed by atoms with Crippen molar-refractivity contribution in [2.75, 3.05) is 12.8 Å². The number of nitrogens with two attached hydrogens (primary N) is 1. The number of ether oxygens (including phenoxy) is 1. The van der Waals surface area contributed by atoms with Crippen molar-refractivity contribution in [3.8, 4) is 5.75 Å². The van der Waals surface area contributed by atoms with Gasteiger partial charge in [-0.1, -0.05) is 31.4 Å². The van der Waals surface area contributed by atoms with Gasteiger partial charge in [-0.2, -0.15) is 0 Å². The van der Waals surface area contributed by atoms with Crippen LogP contribution in [-0.2, 0) is 12.1 Å². The van der Waals surface area contributed by atoms with Crippen molar-refractivity contribution in [3.63, 3.8) is 0 Å². The molecule has 1 aliphatic carbocycles. The summed E-state index contributed by atoms with van der Waals surface area (Å²) in [5.74, 6) is 0.982. The maximum absolute atomic E-state index is 13.1. The molecular formula is C19H22N2O2S. The molecule has 2 aliphatic rings. The highest BCUT2D eigenvalue weighted by Gasteiger charge is 2.50. The molecule has 1 aromatic carbocycles. The zero-order valence-corrected chi connectivity index (χ0v) is 14.7. The van der Waals surface area contributed by atoms with Crippen molar-refractivity contribution in [1.82, 2.24) is 4.90 Å². The highest BCUT2D eigenvalue weighted by Crippen LogP contribution is 2.52. The SMILES string of the molecule is COc1ccc(CN2C(=O)c3sc(N)cc3C23CCCCC3)cc1. The smallest absolute Gasteiger partial charge is 0.265 e. The van der Waals surface area contributed by atoms with Crippen LogP contribution in [0.2, 0.25) is 0 Å². The number of hydrogen-bond donors (Lipinski definition) is 1. The van der Waals surface area contributed by atoms with Crippen molar-refractivity contribution in [2.45, 2.75) is 44.2 Å². The molecule has 0 saturated heterocycles. The molecule has 0 atom stereocenters. The van der Waals surface area contributed by atoms with E-state index < -0.39 is 0 Å². The first kappa shape index (κ1) is 15.5. The number of carbonyl (C=O) groups excluding carboxylic acids is 1. The van der Waals surface area contributed by atoms with Gasteiger partial charge < -0.3 is 15.4 Å². The first-order valence-electron chi connectivity index (χ1n) is 8.49. The second-order valence-corrected chi connectivity index (χ2v) is 7.81. The third-order valence-electron chi connectivity index (χ3n) is 5.39. The Hall–Kier alpha value is -2.01. The van der Waals surface area contributed by atoms with Crippen molar-refractivity contribution in [2.24, 2.45) is 0 Å². The quantitative estimate of drug-likeness (QED) is 0.911. The van der Waals surface area contributed by atoms with Gasteiger partial charge in [-0.25, -0.2) is 0 Å². The van der Waals surface area contributed by atoms with Gasteiger partial charge in [-0.3, -0.25) is 4.79 Å². The predicted molar refractivity (Wildman–Crippen MR) is 96.4 cm³/mol. The lowest BCUT2D eigenvalue weighted by Crippen LogP contribution is -2.44. The van der Waals surface area contributed by atoms with Crippen molar-refractivity contribution >= 4 is 22.2 Å². The molecule has 1 spiro atoms. The number of methoxy groups -OCH3 is 1. The van der Waals surface area contributed by atoms with E-state index in [1.807, 2.05) is 30.3 Å². The lowest BCUT2D eigenvalue weighted by Gasteiger charge is -2.42. The monoisotopic (exact) mass is 342 g/mol. The number of benzene rings is 1. The third-order valence-corrected chi connectivity index (χ3v) is 6.34. The maximum atomic E-state index is 13.1. The number of thiophene rings is 1. The predicted octanol–water partition coefficient (Wildman–Crippen LogP) is 4.15. The minimum Gasteiger partial charge on any atom is -0.497 e. The van der Waals surface area contributed by atoms with Crippen LogP contribution in [0.15, 0.2) is 30.3 Å². The topological polar surface area (TPSA) is 55.6 Å². The molecule has 0 radical (unpaired) electrons. The Labute approximate surface area is 146 Å². The van der Waals surface area contributed by atoms with Gasteiger partial charge in [0.15, 0.2) is 0 Å². The minimum absolute atomic E-state index is 0.143. The first-order chi connectivity index (χ1) is 11.6. The Morgan fingerprint density at radius 2 is 1.92 bits per heavy atom. The van der Waals surface area contributed by atoms with E-state index in [2.05, 4.69) is 4.90 Å². The summed E-state index contributed by atoms with van der Waals surface area (Å²) in [6.07, 6.45) is 5.67. The van der Waals surface area contributed by atoms with Crippen LogP contribution in [0.5, 0.6) is 5.75 Å². The highest BCUT2D eigenvalue weighted by atomic mass is 32.1. The second kappa shape index (κ2) is 5.81. The Morgan fingerprint density at radius 1 is 1.21 bits per heavy atom. The molecule has 2 N–H and O–H groups in total. The molecule has 1 saturated carbocycles. The zero-order chi connectivity index (χ0) is 16.7. The number of rotatable bonds is 3. The summed E-state index contributed by atoms with van der Waals surface area (Å²) in [5, 5.41) is 0.752. The summed E-state index contributed by atoms with van der Waals surface area (Å²) in [4.78, 5) is 16.0. The molecule has 24 heavy (non-hydrogen) atoms. The molecule has 2 heterocycles. The summed E-state index contributed by atoms with van der Waals surface area (Å²) < 4.78 is 5.23. The van der Waals surface area contributed by atoms with Crippen LogP contribution in [0.3, 0.4) is 0 Å². The van der Waals surface area contributed by atoms with Gasteiger partial charge in [-0.05, 0) is 36.6 Å². The first-order valence-corrected chi connectivity index (χ1v) is 9.30. The van der Waals surface area contributed by atoms with Gasteiger partial charge in [0.25, 0.3) is 5.91 Å². The molecule has 2 aromatic rings. The average Bonchev–Trinajstić information content (AvgIpc) is 3.09. The lowest BCUT2D eigenvalue weighted by molar-refractivity contribution is 0.0388. The van der Waals surface area contributed by atoms with Crippen molar-refractivity contribution < 1.29 is 9.53 Å². The average molecular weight is 342 g/mol. The maximum Gasteiger partial charge on any atom is 0.265 e. The van der Waals surface area contributed by atoms with Gasteiger partial charge in [0, 0.05) is 12.1 Å². The Balaban J connectivity index is 1.70. The molecule has 4 nitrogen and oxygen atoms in total. The van der Waals surface area contributed by atoms with E-state index in [9.17, 15) is 4.79 Å². The summed E-state index contributed by atoms with van der Waals surface area (Å²) >= 11 is 1.44. The fourth-order valence-electron chi connectivity index (χ4n) is 4.19.